The molecule has 2 aromatic carbocycles. The molecule has 2 unspecified atom stereocenters. The second kappa shape index (κ2) is 6.20. The first-order valence-electron chi connectivity index (χ1n) is 6.72. The molecule has 2 aromatic rings. The van der Waals surface area contributed by atoms with Gasteiger partial charge in [-0.2, -0.15) is 0 Å². The fraction of sp³-hybridized carbons (Fsp3) is 0.188. The van der Waals surface area contributed by atoms with Crippen molar-refractivity contribution in [2.75, 3.05) is 0 Å². The predicted octanol–water partition coefficient (Wildman–Crippen LogP) is 4.30. The molecule has 0 fully saturated rings. The summed E-state index contributed by atoms with van der Waals surface area (Å²) < 4.78 is 2.15. The zero-order chi connectivity index (χ0) is 14.8. The van der Waals surface area contributed by atoms with Gasteiger partial charge in [0.05, 0.1) is 12.1 Å². The van der Waals surface area contributed by atoms with Crippen molar-refractivity contribution in [2.45, 2.75) is 18.5 Å². The summed E-state index contributed by atoms with van der Waals surface area (Å²) in [4.78, 5) is 4.53. The van der Waals surface area contributed by atoms with E-state index in [1.54, 1.807) is 0 Å². The van der Waals surface area contributed by atoms with Gasteiger partial charge < -0.3 is 11.1 Å². The van der Waals surface area contributed by atoms with Crippen LogP contribution in [0.3, 0.4) is 0 Å². The average molecular weight is 409 g/mol. The lowest BCUT2D eigenvalue weighted by Crippen LogP contribution is -2.39. The van der Waals surface area contributed by atoms with Crippen LogP contribution in [-0.2, 0) is 0 Å². The first-order valence-corrected chi connectivity index (χ1v) is 8.31. The van der Waals surface area contributed by atoms with Gasteiger partial charge in [0.15, 0.2) is 5.96 Å². The molecule has 5 heteroatoms. The molecule has 21 heavy (non-hydrogen) atoms. The summed E-state index contributed by atoms with van der Waals surface area (Å²) in [6.45, 7) is 0. The molecule has 3 rings (SSSR count). The molecule has 0 amide bonds. The van der Waals surface area contributed by atoms with E-state index in [1.165, 1.54) is 11.1 Å². The highest BCUT2D eigenvalue weighted by atomic mass is 79.9. The number of nitrogens with zero attached hydrogens (tertiary/aromatic N) is 1. The minimum absolute atomic E-state index is 0.0907. The third-order valence-corrected chi connectivity index (χ3v) is 4.66. The quantitative estimate of drug-likeness (QED) is 0.778. The number of aliphatic imine (C=N–C) groups is 1. The second-order valence-electron chi connectivity index (χ2n) is 5.07. The lowest BCUT2D eigenvalue weighted by molar-refractivity contribution is 0.487. The van der Waals surface area contributed by atoms with Crippen LogP contribution in [0.4, 0.5) is 0 Å². The van der Waals surface area contributed by atoms with Crippen molar-refractivity contribution in [3.05, 3.63) is 68.6 Å². The molecule has 0 aliphatic carbocycles. The Hall–Kier alpha value is -1.33. The van der Waals surface area contributed by atoms with Gasteiger partial charge in [-0.15, -0.1) is 0 Å². The summed E-state index contributed by atoms with van der Waals surface area (Å²) in [6, 6.07) is 16.9. The Morgan fingerprint density at radius 2 is 1.43 bits per heavy atom. The van der Waals surface area contributed by atoms with E-state index in [1.807, 2.05) is 24.3 Å². The topological polar surface area (TPSA) is 50.4 Å². The molecular weight excluding hydrogens is 394 g/mol. The first-order chi connectivity index (χ1) is 10.1. The van der Waals surface area contributed by atoms with E-state index in [0.29, 0.717) is 5.96 Å². The van der Waals surface area contributed by atoms with Gasteiger partial charge in [-0.3, -0.25) is 0 Å². The monoisotopic (exact) mass is 407 g/mol. The molecule has 0 radical (unpaired) electrons. The van der Waals surface area contributed by atoms with Crippen molar-refractivity contribution in [1.82, 2.24) is 5.32 Å². The lowest BCUT2D eigenvalue weighted by atomic mass is 9.94. The summed E-state index contributed by atoms with van der Waals surface area (Å²) >= 11 is 6.92. The van der Waals surface area contributed by atoms with Gasteiger partial charge in [-0.25, -0.2) is 4.99 Å². The number of benzene rings is 2. The van der Waals surface area contributed by atoms with Gasteiger partial charge in [0.2, 0.25) is 0 Å². The molecule has 1 heterocycles. The van der Waals surface area contributed by atoms with E-state index in [0.717, 1.165) is 15.4 Å². The summed E-state index contributed by atoms with van der Waals surface area (Å²) in [5, 5.41) is 3.27. The highest BCUT2D eigenvalue weighted by Gasteiger charge is 2.24. The van der Waals surface area contributed by atoms with Crippen molar-refractivity contribution in [3.63, 3.8) is 0 Å². The SMILES string of the molecule is NC1=NC(c2ccc(Br)cc2)CC(c2ccc(Br)cc2)N1. The molecule has 3 N–H and O–H groups in total. The van der Waals surface area contributed by atoms with Crippen LogP contribution in [0.2, 0.25) is 0 Å². The number of rotatable bonds is 2. The number of guanidine groups is 1. The van der Waals surface area contributed by atoms with Gasteiger partial charge in [0.25, 0.3) is 0 Å². The molecule has 0 spiro atoms. The smallest absolute Gasteiger partial charge is 0.189 e. The van der Waals surface area contributed by atoms with E-state index in [-0.39, 0.29) is 12.1 Å². The molecule has 0 saturated carbocycles. The summed E-state index contributed by atoms with van der Waals surface area (Å²) in [5.41, 5.74) is 8.38. The highest BCUT2D eigenvalue weighted by molar-refractivity contribution is 9.10. The first kappa shape index (κ1) is 14.6. The number of hydrogen-bond donors (Lipinski definition) is 2. The number of nitrogens with one attached hydrogen (secondary N) is 1. The van der Waals surface area contributed by atoms with Crippen molar-refractivity contribution in [3.8, 4) is 0 Å². The summed E-state index contributed by atoms with van der Waals surface area (Å²) in [6.07, 6.45) is 0.893. The lowest BCUT2D eigenvalue weighted by Gasteiger charge is -2.29. The molecule has 0 bridgehead atoms. The fourth-order valence-corrected chi connectivity index (χ4v) is 3.06. The van der Waals surface area contributed by atoms with Crippen LogP contribution in [0.1, 0.15) is 29.6 Å². The minimum Gasteiger partial charge on any atom is -0.370 e. The van der Waals surface area contributed by atoms with Crippen molar-refractivity contribution < 1.29 is 0 Å². The number of halogens is 2. The molecule has 108 valence electrons. The van der Waals surface area contributed by atoms with Crippen LogP contribution in [0.25, 0.3) is 0 Å². The van der Waals surface area contributed by atoms with Crippen molar-refractivity contribution >= 4 is 37.8 Å². The molecule has 2 atom stereocenters. The van der Waals surface area contributed by atoms with Crippen LogP contribution in [0.5, 0.6) is 0 Å². The number of hydrogen-bond acceptors (Lipinski definition) is 3. The average Bonchev–Trinajstić information content (AvgIpc) is 2.48. The van der Waals surface area contributed by atoms with E-state index < -0.39 is 0 Å². The molecule has 3 nitrogen and oxygen atoms in total. The molecule has 0 saturated heterocycles. The van der Waals surface area contributed by atoms with Gasteiger partial charge in [-0.1, -0.05) is 56.1 Å². The molecular formula is C16H15Br2N3. The van der Waals surface area contributed by atoms with E-state index >= 15 is 0 Å². The molecule has 0 aromatic heterocycles. The fourth-order valence-electron chi connectivity index (χ4n) is 2.53. The van der Waals surface area contributed by atoms with Crippen LogP contribution < -0.4 is 11.1 Å². The Kier molecular flexibility index (Phi) is 4.31. The van der Waals surface area contributed by atoms with Gasteiger partial charge in [0, 0.05) is 8.95 Å². The maximum Gasteiger partial charge on any atom is 0.189 e. The normalized spacial score (nSPS) is 21.5. The van der Waals surface area contributed by atoms with E-state index in [9.17, 15) is 0 Å². The molecule has 1 aliphatic rings. The van der Waals surface area contributed by atoms with Crippen LogP contribution in [-0.4, -0.2) is 5.96 Å². The van der Waals surface area contributed by atoms with E-state index in [4.69, 9.17) is 5.73 Å². The van der Waals surface area contributed by atoms with Gasteiger partial charge in [0.1, 0.15) is 0 Å². The number of nitrogens with two attached hydrogens (primary N) is 1. The summed E-state index contributed by atoms with van der Waals surface area (Å²) in [5.74, 6) is 0.502. The van der Waals surface area contributed by atoms with Gasteiger partial charge >= 0.3 is 0 Å². The maximum absolute atomic E-state index is 5.97. The Balaban J connectivity index is 1.85. The second-order valence-corrected chi connectivity index (χ2v) is 6.90. The van der Waals surface area contributed by atoms with Crippen molar-refractivity contribution in [2.24, 2.45) is 10.7 Å². The summed E-state index contributed by atoms with van der Waals surface area (Å²) in [7, 11) is 0. The third kappa shape index (κ3) is 3.47. The Bertz CT molecular complexity index is 650. The van der Waals surface area contributed by atoms with Crippen LogP contribution >= 0.6 is 31.9 Å². The predicted molar refractivity (Wildman–Crippen MR) is 93.1 cm³/mol. The Morgan fingerprint density at radius 1 is 0.905 bits per heavy atom. The largest absolute Gasteiger partial charge is 0.370 e. The molecule has 1 aliphatic heterocycles. The zero-order valence-corrected chi connectivity index (χ0v) is 14.4. The highest BCUT2D eigenvalue weighted by Crippen LogP contribution is 2.33. The van der Waals surface area contributed by atoms with Crippen molar-refractivity contribution in [1.29, 1.82) is 0 Å². The van der Waals surface area contributed by atoms with Gasteiger partial charge in [-0.05, 0) is 41.8 Å². The standard InChI is InChI=1S/C16H15Br2N3/c17-12-5-1-10(2-6-12)14-9-15(21-16(19)20-14)11-3-7-13(18)8-4-11/h1-8,14-15H,9H2,(H3,19,20,21). The van der Waals surface area contributed by atoms with Crippen LogP contribution in [0, 0.1) is 0 Å². The maximum atomic E-state index is 5.97. The zero-order valence-electron chi connectivity index (χ0n) is 11.3. The Labute approximate surface area is 140 Å². The van der Waals surface area contributed by atoms with E-state index in [2.05, 4.69) is 66.4 Å². The minimum atomic E-state index is 0.0907. The third-order valence-electron chi connectivity index (χ3n) is 3.60. The van der Waals surface area contributed by atoms with Crippen LogP contribution in [0.15, 0.2) is 62.5 Å². The Morgan fingerprint density at radius 3 is 2.00 bits per heavy atom.